The molecule has 3 nitrogen and oxygen atoms in total. The molecule has 3 heteroatoms. The molecular weight excluding hydrogens is 258 g/mol. The number of hydrogen-bond donors (Lipinski definition) is 1. The van der Waals surface area contributed by atoms with Gasteiger partial charge >= 0.3 is 0 Å². The average Bonchev–Trinajstić information content (AvgIpc) is 2.91. The first-order valence-corrected chi connectivity index (χ1v) is 7.51. The third-order valence-corrected chi connectivity index (χ3v) is 4.07. The molecule has 2 aromatic heterocycles. The van der Waals surface area contributed by atoms with Gasteiger partial charge in [-0.1, -0.05) is 24.3 Å². The summed E-state index contributed by atoms with van der Waals surface area (Å²) < 4.78 is 2.30. The molecule has 0 saturated heterocycles. The monoisotopic (exact) mass is 279 g/mol. The number of aryl methyl sites for hydroxylation is 1. The smallest absolute Gasteiger partial charge is 0.0483 e. The largest absolute Gasteiger partial charge is 0.347 e. The van der Waals surface area contributed by atoms with Crippen LogP contribution in [0.2, 0.25) is 0 Å². The lowest BCUT2D eigenvalue weighted by Gasteiger charge is -2.13. The Hall–Kier alpha value is -2.13. The van der Waals surface area contributed by atoms with Crippen molar-refractivity contribution in [3.05, 3.63) is 66.1 Å². The molecule has 108 valence electrons. The van der Waals surface area contributed by atoms with E-state index < -0.39 is 0 Å². The quantitative estimate of drug-likeness (QED) is 0.778. The topological polar surface area (TPSA) is 43.8 Å². The zero-order valence-corrected chi connectivity index (χ0v) is 12.4. The Bertz CT molecular complexity index is 716. The molecule has 0 amide bonds. The van der Waals surface area contributed by atoms with Crippen LogP contribution in [0.15, 0.2) is 54.9 Å². The molecule has 0 fully saturated rings. The van der Waals surface area contributed by atoms with Crippen molar-refractivity contribution in [3.63, 3.8) is 0 Å². The molecule has 3 rings (SSSR count). The van der Waals surface area contributed by atoms with E-state index in [0.717, 1.165) is 18.7 Å². The van der Waals surface area contributed by atoms with Crippen molar-refractivity contribution in [2.75, 3.05) is 6.54 Å². The maximum atomic E-state index is 5.99. The molecule has 0 spiro atoms. The maximum Gasteiger partial charge on any atom is 0.0483 e. The highest BCUT2D eigenvalue weighted by Gasteiger charge is 2.15. The Balaban J connectivity index is 1.97. The maximum absolute atomic E-state index is 5.99. The van der Waals surface area contributed by atoms with E-state index >= 15 is 0 Å². The highest BCUT2D eigenvalue weighted by Crippen LogP contribution is 2.26. The van der Waals surface area contributed by atoms with Crippen molar-refractivity contribution in [1.29, 1.82) is 0 Å². The first-order valence-electron chi connectivity index (χ1n) is 7.51. The van der Waals surface area contributed by atoms with Gasteiger partial charge in [-0.2, -0.15) is 0 Å². The van der Waals surface area contributed by atoms with E-state index in [-0.39, 0.29) is 5.92 Å². The van der Waals surface area contributed by atoms with Crippen LogP contribution in [0.1, 0.15) is 24.1 Å². The minimum Gasteiger partial charge on any atom is -0.347 e. The van der Waals surface area contributed by atoms with Crippen molar-refractivity contribution in [2.24, 2.45) is 5.73 Å². The number of hydrogen-bond acceptors (Lipinski definition) is 2. The van der Waals surface area contributed by atoms with E-state index in [1.807, 2.05) is 18.3 Å². The Morgan fingerprint density at radius 3 is 2.67 bits per heavy atom. The minimum absolute atomic E-state index is 0.266. The summed E-state index contributed by atoms with van der Waals surface area (Å²) in [5.74, 6) is 0.266. The predicted molar refractivity (Wildman–Crippen MR) is 87.3 cm³/mol. The summed E-state index contributed by atoms with van der Waals surface area (Å²) in [6, 6.07) is 14.6. The zero-order valence-electron chi connectivity index (χ0n) is 12.4. The van der Waals surface area contributed by atoms with Gasteiger partial charge in [0.15, 0.2) is 0 Å². The summed E-state index contributed by atoms with van der Waals surface area (Å²) >= 11 is 0. The lowest BCUT2D eigenvalue weighted by atomic mass is 9.95. The molecule has 0 radical (unpaired) electrons. The van der Waals surface area contributed by atoms with Gasteiger partial charge in [0.25, 0.3) is 0 Å². The first kappa shape index (κ1) is 13.8. The summed E-state index contributed by atoms with van der Waals surface area (Å²) in [5, 5.41) is 1.33. The van der Waals surface area contributed by atoms with E-state index in [1.165, 1.54) is 16.5 Å². The number of nitrogens with zero attached hydrogens (tertiary/aromatic N) is 2. The molecule has 1 unspecified atom stereocenters. The number of para-hydroxylation sites is 1. The molecule has 0 bridgehead atoms. The average molecular weight is 279 g/mol. The van der Waals surface area contributed by atoms with E-state index in [9.17, 15) is 0 Å². The van der Waals surface area contributed by atoms with E-state index in [0.29, 0.717) is 6.54 Å². The van der Waals surface area contributed by atoms with E-state index in [2.05, 4.69) is 53.0 Å². The number of nitrogens with two attached hydrogens (primary N) is 1. The van der Waals surface area contributed by atoms with Crippen molar-refractivity contribution >= 4 is 10.9 Å². The first-order chi connectivity index (χ1) is 10.3. The second kappa shape index (κ2) is 6.10. The Morgan fingerprint density at radius 2 is 1.95 bits per heavy atom. The van der Waals surface area contributed by atoms with Gasteiger partial charge in [-0.25, -0.2) is 0 Å². The van der Waals surface area contributed by atoms with Gasteiger partial charge in [0.05, 0.1) is 0 Å². The van der Waals surface area contributed by atoms with E-state index in [1.54, 1.807) is 0 Å². The van der Waals surface area contributed by atoms with Crippen LogP contribution in [0.5, 0.6) is 0 Å². The van der Waals surface area contributed by atoms with Crippen LogP contribution in [0.3, 0.4) is 0 Å². The second-order valence-electron chi connectivity index (χ2n) is 5.35. The van der Waals surface area contributed by atoms with Crippen LogP contribution in [0.4, 0.5) is 0 Å². The Kier molecular flexibility index (Phi) is 4.02. The number of fused-ring (bicyclic) bond motifs is 1. The normalized spacial score (nSPS) is 12.7. The highest BCUT2D eigenvalue weighted by molar-refractivity contribution is 5.84. The molecule has 21 heavy (non-hydrogen) atoms. The number of benzene rings is 1. The number of aromatic nitrogens is 2. The molecule has 3 aromatic rings. The van der Waals surface area contributed by atoms with Crippen LogP contribution in [-0.2, 0) is 13.0 Å². The summed E-state index contributed by atoms with van der Waals surface area (Å²) in [7, 11) is 0. The molecule has 0 aliphatic carbocycles. The summed E-state index contributed by atoms with van der Waals surface area (Å²) in [4.78, 5) is 4.47. The van der Waals surface area contributed by atoms with Gasteiger partial charge < -0.3 is 10.3 Å². The molecule has 2 heterocycles. The van der Waals surface area contributed by atoms with Crippen LogP contribution >= 0.6 is 0 Å². The van der Waals surface area contributed by atoms with Gasteiger partial charge in [-0.05, 0) is 37.1 Å². The van der Waals surface area contributed by atoms with Crippen molar-refractivity contribution in [3.8, 4) is 0 Å². The Morgan fingerprint density at radius 1 is 1.14 bits per heavy atom. The third-order valence-electron chi connectivity index (χ3n) is 4.07. The second-order valence-corrected chi connectivity index (χ2v) is 5.35. The SMILES string of the molecule is CCn1cc(CC(CN)c2ccccn2)c2ccccc21. The third kappa shape index (κ3) is 2.69. The molecule has 0 saturated carbocycles. The van der Waals surface area contributed by atoms with Crippen LogP contribution in [0, 0.1) is 0 Å². The fourth-order valence-corrected chi connectivity index (χ4v) is 2.94. The predicted octanol–water partition coefficient (Wildman–Crippen LogP) is 3.34. The van der Waals surface area contributed by atoms with Gasteiger partial charge in [-0.3, -0.25) is 4.98 Å². The van der Waals surface area contributed by atoms with Crippen LogP contribution in [-0.4, -0.2) is 16.1 Å². The molecule has 0 aliphatic heterocycles. The number of rotatable bonds is 5. The fraction of sp³-hybridized carbons (Fsp3) is 0.278. The summed E-state index contributed by atoms with van der Waals surface area (Å²) in [6.07, 6.45) is 5.03. The summed E-state index contributed by atoms with van der Waals surface area (Å²) in [6.45, 7) is 3.77. The standard InChI is InChI=1S/C18H21N3/c1-2-21-13-15(16-7-3-4-9-18(16)21)11-14(12-19)17-8-5-6-10-20-17/h3-10,13-14H,2,11-12,19H2,1H3. The van der Waals surface area contributed by atoms with Crippen molar-refractivity contribution in [1.82, 2.24) is 9.55 Å². The molecule has 0 aliphatic rings. The summed E-state index contributed by atoms with van der Waals surface area (Å²) in [5.41, 5.74) is 9.72. The van der Waals surface area contributed by atoms with Gasteiger partial charge in [0.2, 0.25) is 0 Å². The van der Waals surface area contributed by atoms with Gasteiger partial charge in [0, 0.05) is 48.0 Å². The lowest BCUT2D eigenvalue weighted by molar-refractivity contribution is 0.671. The van der Waals surface area contributed by atoms with Gasteiger partial charge in [-0.15, -0.1) is 0 Å². The molecule has 2 N–H and O–H groups in total. The van der Waals surface area contributed by atoms with Crippen LogP contribution in [0.25, 0.3) is 10.9 Å². The fourth-order valence-electron chi connectivity index (χ4n) is 2.94. The zero-order chi connectivity index (χ0) is 14.7. The molecule has 1 aromatic carbocycles. The Labute approximate surface area is 125 Å². The van der Waals surface area contributed by atoms with Crippen molar-refractivity contribution in [2.45, 2.75) is 25.8 Å². The van der Waals surface area contributed by atoms with Crippen molar-refractivity contribution < 1.29 is 0 Å². The van der Waals surface area contributed by atoms with Gasteiger partial charge in [0.1, 0.15) is 0 Å². The molecule has 1 atom stereocenters. The lowest BCUT2D eigenvalue weighted by Crippen LogP contribution is -2.16. The van der Waals surface area contributed by atoms with E-state index in [4.69, 9.17) is 5.73 Å². The minimum atomic E-state index is 0.266. The highest BCUT2D eigenvalue weighted by atomic mass is 14.9. The number of pyridine rings is 1. The molecular formula is C18H21N3. The van der Waals surface area contributed by atoms with Crippen LogP contribution < -0.4 is 5.73 Å².